The molecule has 1 atom stereocenters. The number of fused-ring (bicyclic) bond motifs is 1. The minimum Gasteiger partial charge on any atom is -0.365 e. The van der Waals surface area contributed by atoms with Crippen LogP contribution in [-0.4, -0.2) is 56.8 Å². The number of aromatic nitrogens is 3. The third-order valence-corrected chi connectivity index (χ3v) is 7.30. The zero-order valence-electron chi connectivity index (χ0n) is 22.3. The third-order valence-electron chi connectivity index (χ3n) is 7.01. The van der Waals surface area contributed by atoms with Gasteiger partial charge in [0.25, 0.3) is 11.5 Å². The average molecular weight is 584 g/mol. The molecule has 0 unspecified atom stereocenters. The molecule has 0 radical (unpaired) electrons. The van der Waals surface area contributed by atoms with E-state index >= 15 is 4.39 Å². The Labute approximate surface area is 238 Å². The maximum atomic E-state index is 15.2. The molecule has 1 saturated carbocycles. The molecule has 2 fully saturated rings. The Morgan fingerprint density at radius 1 is 1.24 bits per heavy atom. The summed E-state index contributed by atoms with van der Waals surface area (Å²) in [7, 11) is 0. The first-order valence-electron chi connectivity index (χ1n) is 13.1. The number of nitrogens with zero attached hydrogens (tertiary/aromatic N) is 5. The van der Waals surface area contributed by atoms with E-state index in [0.29, 0.717) is 6.54 Å². The standard InChI is InChI=1S/C27H27ClFN7O5/c1-14(2)36-22-9-19(29)20(8-17(22)25(38)35(27(36)40)12-15-3-4-15)33-26(39)34-5-6-41-23(13-34)24(37)32-16-7-18(28)21(10-30)31-11-16/h7-9,11,14-15,23H,3-6,12-13H2,1-2H3,(H,32,37)(H,33,39)/t23-/m1/s1. The number of carbonyl (C=O) groups is 2. The molecule has 1 aromatic carbocycles. The lowest BCUT2D eigenvalue weighted by Gasteiger charge is -2.32. The summed E-state index contributed by atoms with van der Waals surface area (Å²) < 4.78 is 23.3. The largest absolute Gasteiger partial charge is 0.365 e. The van der Waals surface area contributed by atoms with Gasteiger partial charge in [0.15, 0.2) is 11.8 Å². The van der Waals surface area contributed by atoms with Crippen LogP contribution in [-0.2, 0) is 16.1 Å². The van der Waals surface area contributed by atoms with E-state index in [9.17, 15) is 19.2 Å². The van der Waals surface area contributed by atoms with Crippen LogP contribution >= 0.6 is 11.6 Å². The van der Waals surface area contributed by atoms with E-state index in [1.807, 2.05) is 6.07 Å². The van der Waals surface area contributed by atoms with E-state index in [-0.39, 0.29) is 64.7 Å². The number of amides is 3. The topological polar surface area (TPSA) is 151 Å². The smallest absolute Gasteiger partial charge is 0.331 e. The van der Waals surface area contributed by atoms with Crippen molar-refractivity contribution in [3.8, 4) is 6.07 Å². The van der Waals surface area contributed by atoms with Gasteiger partial charge in [-0.15, -0.1) is 0 Å². The number of hydrogen-bond donors (Lipinski definition) is 2. The highest BCUT2D eigenvalue weighted by molar-refractivity contribution is 6.31. The van der Waals surface area contributed by atoms with Gasteiger partial charge in [-0.25, -0.2) is 19.0 Å². The number of hydrogen-bond acceptors (Lipinski definition) is 7. The summed E-state index contributed by atoms with van der Waals surface area (Å²) in [5, 5.41) is 14.2. The Morgan fingerprint density at radius 2 is 2.00 bits per heavy atom. The van der Waals surface area contributed by atoms with Gasteiger partial charge in [0.1, 0.15) is 11.9 Å². The highest BCUT2D eigenvalue weighted by Gasteiger charge is 2.31. The Morgan fingerprint density at radius 3 is 2.66 bits per heavy atom. The van der Waals surface area contributed by atoms with Crippen LogP contribution in [0.2, 0.25) is 5.02 Å². The Balaban J connectivity index is 1.35. The number of morpholine rings is 1. The van der Waals surface area contributed by atoms with Crippen molar-refractivity contribution in [3.63, 3.8) is 0 Å². The molecule has 3 amide bonds. The van der Waals surface area contributed by atoms with E-state index in [4.69, 9.17) is 21.6 Å². The Hall–Kier alpha value is -4.28. The van der Waals surface area contributed by atoms with Gasteiger partial charge in [-0.2, -0.15) is 5.26 Å². The predicted molar refractivity (Wildman–Crippen MR) is 148 cm³/mol. The molecule has 12 nitrogen and oxygen atoms in total. The predicted octanol–water partition coefficient (Wildman–Crippen LogP) is 3.08. The summed E-state index contributed by atoms with van der Waals surface area (Å²) in [4.78, 5) is 57.4. The SMILES string of the molecule is CC(C)n1c(=O)n(CC2CC2)c(=O)c2cc(NC(=O)N3CCO[C@@H](C(=O)Nc4cnc(C#N)c(Cl)c4)C3)c(F)cc21. The molecule has 41 heavy (non-hydrogen) atoms. The van der Waals surface area contributed by atoms with Gasteiger partial charge >= 0.3 is 11.7 Å². The van der Waals surface area contributed by atoms with Crippen LogP contribution in [0.3, 0.4) is 0 Å². The van der Waals surface area contributed by atoms with E-state index in [2.05, 4.69) is 15.6 Å². The van der Waals surface area contributed by atoms with Gasteiger partial charge in [0.2, 0.25) is 0 Å². The zero-order chi connectivity index (χ0) is 29.4. The lowest BCUT2D eigenvalue weighted by Crippen LogP contribution is -2.51. The monoisotopic (exact) mass is 583 g/mol. The van der Waals surface area contributed by atoms with Crippen LogP contribution in [0.5, 0.6) is 0 Å². The van der Waals surface area contributed by atoms with E-state index < -0.39 is 35.1 Å². The summed E-state index contributed by atoms with van der Waals surface area (Å²) in [5.41, 5.74) is -0.844. The first kappa shape index (κ1) is 28.3. The van der Waals surface area contributed by atoms with Gasteiger partial charge in [-0.3, -0.25) is 18.7 Å². The molecule has 1 saturated heterocycles. The normalized spacial score (nSPS) is 17.0. The van der Waals surface area contributed by atoms with Gasteiger partial charge in [-0.05, 0) is 44.7 Å². The van der Waals surface area contributed by atoms with Crippen molar-refractivity contribution >= 4 is 45.8 Å². The van der Waals surface area contributed by atoms with Crippen molar-refractivity contribution in [1.82, 2.24) is 19.0 Å². The van der Waals surface area contributed by atoms with Crippen molar-refractivity contribution in [2.75, 3.05) is 30.3 Å². The molecule has 214 valence electrons. The molecule has 5 rings (SSSR count). The molecule has 2 N–H and O–H groups in total. The number of nitrogens with one attached hydrogen (secondary N) is 2. The van der Waals surface area contributed by atoms with Crippen molar-refractivity contribution in [1.29, 1.82) is 5.26 Å². The van der Waals surface area contributed by atoms with Crippen molar-refractivity contribution < 1.29 is 18.7 Å². The lowest BCUT2D eigenvalue weighted by atomic mass is 10.2. The van der Waals surface area contributed by atoms with Gasteiger partial charge < -0.3 is 20.3 Å². The Kier molecular flexibility index (Phi) is 7.79. The summed E-state index contributed by atoms with van der Waals surface area (Å²) >= 11 is 5.97. The Bertz CT molecular complexity index is 1710. The second kappa shape index (κ2) is 11.3. The fourth-order valence-electron chi connectivity index (χ4n) is 4.71. The quantitative estimate of drug-likeness (QED) is 0.452. The molecular formula is C27H27ClFN7O5. The second-order valence-electron chi connectivity index (χ2n) is 10.3. The van der Waals surface area contributed by atoms with Crippen molar-refractivity contribution in [2.24, 2.45) is 5.92 Å². The number of nitriles is 1. The molecule has 2 aromatic heterocycles. The summed E-state index contributed by atoms with van der Waals surface area (Å²) in [5.74, 6) is -1.12. The van der Waals surface area contributed by atoms with Crippen LogP contribution in [0.1, 0.15) is 38.4 Å². The summed E-state index contributed by atoms with van der Waals surface area (Å²) in [6, 6.07) is 4.51. The second-order valence-corrected chi connectivity index (χ2v) is 10.8. The molecule has 0 bridgehead atoms. The lowest BCUT2D eigenvalue weighted by molar-refractivity contribution is -0.131. The van der Waals surface area contributed by atoms with E-state index in [1.54, 1.807) is 13.8 Å². The molecule has 14 heteroatoms. The van der Waals surface area contributed by atoms with Crippen LogP contribution in [0.15, 0.2) is 34.0 Å². The molecule has 3 aromatic rings. The fourth-order valence-corrected chi connectivity index (χ4v) is 4.92. The first-order valence-corrected chi connectivity index (χ1v) is 13.5. The number of anilines is 2. The van der Waals surface area contributed by atoms with E-state index in [0.717, 1.165) is 18.9 Å². The van der Waals surface area contributed by atoms with Gasteiger partial charge in [0.05, 0.1) is 46.6 Å². The number of rotatable bonds is 6. The minimum atomic E-state index is -1.04. The maximum absolute atomic E-state index is 15.2. The number of benzene rings is 1. The highest BCUT2D eigenvalue weighted by atomic mass is 35.5. The minimum absolute atomic E-state index is 0.0108. The van der Waals surface area contributed by atoms with E-state index in [1.165, 1.54) is 32.4 Å². The average Bonchev–Trinajstić information content (AvgIpc) is 3.76. The summed E-state index contributed by atoms with van der Waals surface area (Å²) in [6.07, 6.45) is 2.11. The molecular weight excluding hydrogens is 557 g/mol. The van der Waals surface area contributed by atoms with Gasteiger partial charge in [-0.1, -0.05) is 11.6 Å². The number of pyridine rings is 1. The molecule has 0 spiro atoms. The fraction of sp³-hybridized carbons (Fsp3) is 0.407. The number of halogens is 2. The highest BCUT2D eigenvalue weighted by Crippen LogP contribution is 2.30. The number of urea groups is 1. The van der Waals surface area contributed by atoms with Crippen LogP contribution in [0.4, 0.5) is 20.6 Å². The maximum Gasteiger partial charge on any atom is 0.331 e. The van der Waals surface area contributed by atoms with Crippen molar-refractivity contribution in [3.05, 3.63) is 61.8 Å². The van der Waals surface area contributed by atoms with Crippen molar-refractivity contribution in [2.45, 2.75) is 45.4 Å². The first-order chi connectivity index (χ1) is 19.6. The molecule has 2 aliphatic rings. The summed E-state index contributed by atoms with van der Waals surface area (Å²) in [6.45, 7) is 3.89. The zero-order valence-corrected chi connectivity index (χ0v) is 23.1. The van der Waals surface area contributed by atoms with Crippen LogP contribution in [0, 0.1) is 23.1 Å². The van der Waals surface area contributed by atoms with Crippen LogP contribution in [0.25, 0.3) is 10.9 Å². The number of carbonyl (C=O) groups excluding carboxylic acids is 2. The van der Waals surface area contributed by atoms with Gasteiger partial charge in [0, 0.05) is 25.2 Å². The molecule has 3 heterocycles. The third kappa shape index (κ3) is 5.79. The number of ether oxygens (including phenoxy) is 1. The van der Waals surface area contributed by atoms with Crippen LogP contribution < -0.4 is 21.9 Å². The molecule has 1 aliphatic heterocycles. The molecule has 1 aliphatic carbocycles.